The molecule has 7 rings (SSSR count). The van der Waals surface area contributed by atoms with E-state index in [0.717, 1.165) is 76.0 Å². The van der Waals surface area contributed by atoms with Crippen LogP contribution in [0.2, 0.25) is 0 Å². The minimum atomic E-state index is -0.955. The van der Waals surface area contributed by atoms with Crippen LogP contribution >= 0.6 is 0 Å². The van der Waals surface area contributed by atoms with Crippen LogP contribution in [0.25, 0.3) is 0 Å². The van der Waals surface area contributed by atoms with Crippen molar-refractivity contribution in [1.29, 1.82) is 0 Å². The summed E-state index contributed by atoms with van der Waals surface area (Å²) in [5.74, 6) is 2.09. The number of fused-ring (bicyclic) bond motifs is 1. The molecule has 0 aromatic heterocycles. The average molecular weight is 604 g/mol. The molecule has 9 heteroatoms. The van der Waals surface area contributed by atoms with Crippen LogP contribution in [0.5, 0.6) is 5.75 Å². The number of hydrogen-bond donors (Lipinski definition) is 2. The van der Waals surface area contributed by atoms with Crippen molar-refractivity contribution >= 4 is 29.1 Å². The van der Waals surface area contributed by atoms with Gasteiger partial charge >= 0.3 is 0 Å². The molecule has 1 aromatic carbocycles. The lowest BCUT2D eigenvalue weighted by Crippen LogP contribution is -2.53. The summed E-state index contributed by atoms with van der Waals surface area (Å²) in [5, 5.41) is 6.83. The maximum atomic E-state index is 14.2. The van der Waals surface area contributed by atoms with Crippen molar-refractivity contribution in [2.24, 2.45) is 17.8 Å². The molecule has 6 aliphatic rings. The number of piperidine rings is 1. The quantitative estimate of drug-likeness (QED) is 0.414. The molecule has 237 valence electrons. The molecule has 44 heavy (non-hydrogen) atoms. The molecule has 4 fully saturated rings. The fourth-order valence-corrected chi connectivity index (χ4v) is 7.64. The number of carbonyl (C=O) groups excluding carboxylic acids is 3. The van der Waals surface area contributed by atoms with Gasteiger partial charge in [0.25, 0.3) is 5.91 Å². The summed E-state index contributed by atoms with van der Waals surface area (Å²) in [7, 11) is 0. The molecule has 9 nitrogen and oxygen atoms in total. The summed E-state index contributed by atoms with van der Waals surface area (Å²) >= 11 is 0. The monoisotopic (exact) mass is 603 g/mol. The van der Waals surface area contributed by atoms with Crippen molar-refractivity contribution in [2.75, 3.05) is 42.6 Å². The number of rotatable bonds is 10. The summed E-state index contributed by atoms with van der Waals surface area (Å²) in [4.78, 5) is 45.1. The summed E-state index contributed by atoms with van der Waals surface area (Å²) in [5.41, 5.74) is 1.83. The van der Waals surface area contributed by atoms with Crippen molar-refractivity contribution < 1.29 is 23.9 Å². The van der Waals surface area contributed by atoms with Gasteiger partial charge in [-0.25, -0.2) is 0 Å². The standard InChI is InChI=1S/C35H47N4O5/c1-4-22-17-23(22)9-14-38-29-19-28(7-8-30(29)44-34(2,3)33(38)42)39(27-5-6-27)32(41)25-18-24(20-36-21-25)31(40)37-35(12-13-35)26-10-15-43-16-11-26/h7-8,17,19,24-27,36H,4-6,9-16,18,20-21H2,1-3H3,(H,37,40)/t24-,25+/m0/s1. The molecular formula is C35H47N4O5. The molecule has 3 heterocycles. The first kappa shape index (κ1) is 29.8. The van der Waals surface area contributed by atoms with E-state index in [9.17, 15) is 14.4 Å². The van der Waals surface area contributed by atoms with Gasteiger partial charge in [0.15, 0.2) is 5.60 Å². The van der Waals surface area contributed by atoms with Gasteiger partial charge in [0, 0.05) is 56.0 Å². The summed E-state index contributed by atoms with van der Waals surface area (Å²) < 4.78 is 11.7. The zero-order valence-corrected chi connectivity index (χ0v) is 26.5. The van der Waals surface area contributed by atoms with Gasteiger partial charge in [-0.2, -0.15) is 0 Å². The predicted octanol–water partition coefficient (Wildman–Crippen LogP) is 4.30. The van der Waals surface area contributed by atoms with Crippen LogP contribution in [0, 0.1) is 23.7 Å². The Morgan fingerprint density at radius 3 is 2.52 bits per heavy atom. The number of benzene rings is 1. The number of anilines is 2. The third-order valence-corrected chi connectivity index (χ3v) is 10.7. The van der Waals surface area contributed by atoms with Gasteiger partial charge in [-0.1, -0.05) is 18.6 Å². The number of carbonyl (C=O) groups is 3. The Hall–Kier alpha value is -2.91. The van der Waals surface area contributed by atoms with E-state index in [0.29, 0.717) is 37.7 Å². The third kappa shape index (κ3) is 5.78. The van der Waals surface area contributed by atoms with E-state index in [1.165, 1.54) is 11.5 Å². The molecule has 2 atom stereocenters. The maximum Gasteiger partial charge on any atom is 0.270 e. The second kappa shape index (κ2) is 11.5. The van der Waals surface area contributed by atoms with E-state index in [1.54, 1.807) is 0 Å². The number of nitrogens with one attached hydrogen (secondary N) is 2. The Labute approximate surface area is 261 Å². The average Bonchev–Trinajstić information content (AvgIpc) is 3.89. The molecule has 0 spiro atoms. The van der Waals surface area contributed by atoms with Crippen LogP contribution < -0.4 is 25.2 Å². The Morgan fingerprint density at radius 1 is 1.09 bits per heavy atom. The van der Waals surface area contributed by atoms with Gasteiger partial charge in [-0.15, -0.1) is 0 Å². The van der Waals surface area contributed by atoms with Crippen molar-refractivity contribution in [3.63, 3.8) is 0 Å². The fourth-order valence-electron chi connectivity index (χ4n) is 7.64. The van der Waals surface area contributed by atoms with Crippen LogP contribution in [0.4, 0.5) is 11.4 Å². The molecule has 0 unspecified atom stereocenters. The largest absolute Gasteiger partial charge is 0.476 e. The highest BCUT2D eigenvalue weighted by Gasteiger charge is 2.51. The highest BCUT2D eigenvalue weighted by molar-refractivity contribution is 6.04. The Balaban J connectivity index is 1.07. The Bertz CT molecular complexity index is 1340. The van der Waals surface area contributed by atoms with Gasteiger partial charge < -0.3 is 29.9 Å². The fraction of sp³-hybridized carbons (Fsp3) is 0.657. The van der Waals surface area contributed by atoms with Crippen LogP contribution in [-0.4, -0.2) is 67.8 Å². The highest BCUT2D eigenvalue weighted by Crippen LogP contribution is 2.47. The highest BCUT2D eigenvalue weighted by atomic mass is 16.5. The molecule has 2 saturated carbocycles. The second-order valence-electron chi connectivity index (χ2n) is 14.3. The number of amides is 3. The van der Waals surface area contributed by atoms with E-state index in [-0.39, 0.29) is 41.1 Å². The van der Waals surface area contributed by atoms with E-state index in [2.05, 4.69) is 23.6 Å². The SMILES string of the molecule is CC[C]1C=C1CCN1C(=O)C(C)(C)Oc2ccc(N(C(=O)[C@H]3CNC[C@@H](C(=O)NC4(C5CCOCC5)CC4)C3)C3CC3)cc21. The number of ether oxygens (including phenoxy) is 2. The van der Waals surface area contributed by atoms with Gasteiger partial charge in [0.2, 0.25) is 11.8 Å². The first-order valence-corrected chi connectivity index (χ1v) is 16.8. The minimum absolute atomic E-state index is 0.0586. The summed E-state index contributed by atoms with van der Waals surface area (Å²) in [6, 6.07) is 5.98. The van der Waals surface area contributed by atoms with Crippen molar-refractivity contribution in [1.82, 2.24) is 10.6 Å². The molecule has 3 aliphatic heterocycles. The lowest BCUT2D eigenvalue weighted by molar-refractivity contribution is -0.132. The topological polar surface area (TPSA) is 100 Å². The molecular weight excluding hydrogens is 556 g/mol. The van der Waals surface area contributed by atoms with E-state index >= 15 is 0 Å². The lowest BCUT2D eigenvalue weighted by Gasteiger charge is -2.40. The van der Waals surface area contributed by atoms with Crippen molar-refractivity contribution in [2.45, 2.75) is 95.7 Å². The first-order valence-electron chi connectivity index (χ1n) is 16.8. The minimum Gasteiger partial charge on any atom is -0.476 e. The Kier molecular flexibility index (Phi) is 7.76. The van der Waals surface area contributed by atoms with E-state index in [1.807, 2.05) is 41.8 Å². The van der Waals surface area contributed by atoms with E-state index in [4.69, 9.17) is 9.47 Å². The lowest BCUT2D eigenvalue weighted by atomic mass is 9.86. The molecule has 1 radical (unpaired) electrons. The smallest absolute Gasteiger partial charge is 0.270 e. The molecule has 2 N–H and O–H groups in total. The van der Waals surface area contributed by atoms with Crippen molar-refractivity contribution in [3.05, 3.63) is 35.8 Å². The summed E-state index contributed by atoms with van der Waals surface area (Å²) in [6.07, 6.45) is 10.6. The summed E-state index contributed by atoms with van der Waals surface area (Å²) in [6.45, 7) is 9.07. The van der Waals surface area contributed by atoms with Gasteiger partial charge in [-0.05, 0) is 95.8 Å². The van der Waals surface area contributed by atoms with Gasteiger partial charge in [-0.3, -0.25) is 14.4 Å². The molecule has 3 amide bonds. The number of nitrogens with zero attached hydrogens (tertiary/aromatic N) is 2. The molecule has 1 aromatic rings. The number of allylic oxidation sites excluding steroid dienone is 1. The normalized spacial score (nSPS) is 27.6. The zero-order chi connectivity index (χ0) is 30.6. The van der Waals surface area contributed by atoms with Crippen LogP contribution in [0.1, 0.15) is 78.6 Å². The predicted molar refractivity (Wildman–Crippen MR) is 168 cm³/mol. The number of hydrogen-bond acceptors (Lipinski definition) is 6. The van der Waals surface area contributed by atoms with E-state index < -0.39 is 5.60 Å². The van der Waals surface area contributed by atoms with Crippen LogP contribution in [-0.2, 0) is 19.1 Å². The molecule has 2 saturated heterocycles. The molecule has 0 bridgehead atoms. The Morgan fingerprint density at radius 2 is 1.84 bits per heavy atom. The van der Waals surface area contributed by atoms with Gasteiger partial charge in [0.1, 0.15) is 5.75 Å². The first-order chi connectivity index (χ1) is 21.2. The zero-order valence-electron chi connectivity index (χ0n) is 26.5. The third-order valence-electron chi connectivity index (χ3n) is 10.7. The van der Waals surface area contributed by atoms with Crippen molar-refractivity contribution in [3.8, 4) is 5.75 Å². The molecule has 3 aliphatic carbocycles. The second-order valence-corrected chi connectivity index (χ2v) is 14.3. The van der Waals surface area contributed by atoms with Crippen LogP contribution in [0.15, 0.2) is 29.8 Å². The maximum absolute atomic E-state index is 14.2. The van der Waals surface area contributed by atoms with Crippen LogP contribution in [0.3, 0.4) is 0 Å². The van der Waals surface area contributed by atoms with Gasteiger partial charge in [0.05, 0.1) is 17.5 Å².